The van der Waals surface area contributed by atoms with E-state index in [4.69, 9.17) is 15.3 Å². The van der Waals surface area contributed by atoms with Crippen LogP contribution >= 0.6 is 0 Å². The molecule has 0 saturated heterocycles. The first-order valence-electron chi connectivity index (χ1n) is 1.71. The molecule has 7 heavy (non-hydrogen) atoms. The van der Waals surface area contributed by atoms with Gasteiger partial charge in [-0.25, -0.2) is 0 Å². The molecule has 0 unspecified atom stereocenters. The number of hydrogen-bond donors (Lipinski definition) is 3. The molecule has 3 radical (unpaired) electrons. The molecular weight excluding hydrogens is 96.0 g/mol. The van der Waals surface area contributed by atoms with E-state index in [2.05, 4.69) is 0 Å². The van der Waals surface area contributed by atoms with Gasteiger partial charge in [-0.1, -0.05) is 0 Å². The summed E-state index contributed by atoms with van der Waals surface area (Å²) in [6.07, 6.45) is -0.954. The largest absolute Gasteiger partial charge is 0.394 e. The summed E-state index contributed by atoms with van der Waals surface area (Å²) in [6, 6.07) is 0. The van der Waals surface area contributed by atoms with Crippen LogP contribution in [0.2, 0.25) is 0 Å². The Kier molecular flexibility index (Phi) is 8.39. The predicted octanol–water partition coefficient (Wildman–Crippen LogP) is -1.46. The van der Waals surface area contributed by atoms with Crippen LogP contribution in [0.4, 0.5) is 0 Å². The van der Waals surface area contributed by atoms with Gasteiger partial charge in [0.25, 0.3) is 0 Å². The number of aliphatic hydroxyl groups excluding tert-OH is 3. The minimum Gasteiger partial charge on any atom is -0.394 e. The van der Waals surface area contributed by atoms with Gasteiger partial charge in [0, 0.05) is 0 Å². The van der Waals surface area contributed by atoms with E-state index in [-0.39, 0.29) is 20.6 Å². The third-order valence-electron chi connectivity index (χ3n) is 0.421. The van der Waals surface area contributed by atoms with Crippen molar-refractivity contribution >= 4 is 0 Å². The lowest BCUT2D eigenvalue weighted by atomic mass is 10.4. The van der Waals surface area contributed by atoms with E-state index in [1.165, 1.54) is 0 Å². The maximum absolute atomic E-state index is 8.17. The standard InChI is InChI=1S/C3H8O3.CH/c4-1-3(6)2-5;/h3-6H,1-2H2;1H. The zero-order chi connectivity index (χ0) is 4.99. The van der Waals surface area contributed by atoms with Gasteiger partial charge in [-0.3, -0.25) is 0 Å². The fourth-order valence-electron chi connectivity index (χ4n) is 0.0577. The van der Waals surface area contributed by atoms with Crippen LogP contribution in [0.3, 0.4) is 0 Å². The molecule has 0 aliphatic heterocycles. The molecule has 0 aliphatic carbocycles. The minimum absolute atomic E-state index is 0. The van der Waals surface area contributed by atoms with E-state index in [0.29, 0.717) is 0 Å². The van der Waals surface area contributed by atoms with Crippen LogP contribution in [0, 0.1) is 7.43 Å². The van der Waals surface area contributed by atoms with E-state index < -0.39 is 6.10 Å². The van der Waals surface area contributed by atoms with E-state index >= 15 is 0 Å². The molecule has 0 saturated carbocycles. The van der Waals surface area contributed by atoms with Gasteiger partial charge in [0.05, 0.1) is 13.2 Å². The minimum atomic E-state index is -0.954. The van der Waals surface area contributed by atoms with Crippen molar-refractivity contribution in [3.63, 3.8) is 0 Å². The van der Waals surface area contributed by atoms with Gasteiger partial charge in [-0.05, 0) is 7.43 Å². The van der Waals surface area contributed by atoms with Gasteiger partial charge >= 0.3 is 0 Å². The Bertz CT molecular complexity index is 26.1. The highest BCUT2D eigenvalue weighted by atomic mass is 16.3. The molecule has 0 heterocycles. The smallest absolute Gasteiger partial charge is 0.100 e. The van der Waals surface area contributed by atoms with Gasteiger partial charge < -0.3 is 15.3 Å². The first kappa shape index (κ1) is 9.99. The zero-order valence-electron chi connectivity index (χ0n) is 3.91. The molecule has 0 aliphatic rings. The summed E-state index contributed by atoms with van der Waals surface area (Å²) in [5, 5.41) is 24.0. The highest BCUT2D eigenvalue weighted by Crippen LogP contribution is 1.71. The highest BCUT2D eigenvalue weighted by Gasteiger charge is 1.93. The predicted molar refractivity (Wildman–Crippen MR) is 24.5 cm³/mol. The Morgan fingerprint density at radius 1 is 1.14 bits per heavy atom. The Labute approximate surface area is 43.2 Å². The molecule has 3 nitrogen and oxygen atoms in total. The molecule has 0 rings (SSSR count). The lowest BCUT2D eigenvalue weighted by molar-refractivity contribution is 0.0450. The van der Waals surface area contributed by atoms with Crippen molar-refractivity contribution in [3.05, 3.63) is 7.43 Å². The molecule has 3 heteroatoms. The number of aliphatic hydroxyl groups is 3. The van der Waals surface area contributed by atoms with E-state index in [9.17, 15) is 0 Å². The Balaban J connectivity index is 0. The summed E-state index contributed by atoms with van der Waals surface area (Å²) >= 11 is 0. The molecule has 0 aromatic carbocycles. The van der Waals surface area contributed by atoms with E-state index in [1.807, 2.05) is 0 Å². The number of hydrogen-bond acceptors (Lipinski definition) is 3. The van der Waals surface area contributed by atoms with Crippen molar-refractivity contribution in [1.82, 2.24) is 0 Å². The van der Waals surface area contributed by atoms with Gasteiger partial charge in [-0.15, -0.1) is 0 Å². The van der Waals surface area contributed by atoms with Crippen LogP contribution in [0.15, 0.2) is 0 Å². The Morgan fingerprint density at radius 3 is 1.43 bits per heavy atom. The third-order valence-corrected chi connectivity index (χ3v) is 0.421. The van der Waals surface area contributed by atoms with E-state index in [1.54, 1.807) is 0 Å². The van der Waals surface area contributed by atoms with Crippen LogP contribution in [0.5, 0.6) is 0 Å². The molecule has 0 amide bonds. The summed E-state index contributed by atoms with van der Waals surface area (Å²) in [7, 11) is 0. The Hall–Kier alpha value is -0.120. The normalized spacial score (nSPS) is 8.57. The molecule has 0 fully saturated rings. The molecule has 0 atom stereocenters. The summed E-state index contributed by atoms with van der Waals surface area (Å²) in [5.74, 6) is 0. The lowest BCUT2D eigenvalue weighted by Crippen LogP contribution is -2.15. The zero-order valence-corrected chi connectivity index (χ0v) is 3.91. The van der Waals surface area contributed by atoms with Crippen LogP contribution < -0.4 is 0 Å². The number of rotatable bonds is 2. The first-order chi connectivity index (χ1) is 2.81. The van der Waals surface area contributed by atoms with Crippen molar-refractivity contribution < 1.29 is 15.3 Å². The maximum atomic E-state index is 8.17. The van der Waals surface area contributed by atoms with Crippen molar-refractivity contribution in [1.29, 1.82) is 0 Å². The summed E-state index contributed by atoms with van der Waals surface area (Å²) < 4.78 is 0. The molecule has 0 spiro atoms. The molecule has 0 aromatic rings. The average molecular weight is 105 g/mol. The van der Waals surface area contributed by atoms with Crippen molar-refractivity contribution in [3.8, 4) is 0 Å². The molecule has 43 valence electrons. The SMILES string of the molecule is OCC(O)CO.[CH]. The lowest BCUT2D eigenvalue weighted by Gasteiger charge is -1.96. The summed E-state index contributed by atoms with van der Waals surface area (Å²) in [6.45, 7) is -0.729. The first-order valence-corrected chi connectivity index (χ1v) is 1.71. The second-order valence-corrected chi connectivity index (χ2v) is 1.02. The average Bonchev–Trinajstić information content (AvgIpc) is 1.65. The fourth-order valence-corrected chi connectivity index (χ4v) is 0.0577. The monoisotopic (exact) mass is 105 g/mol. The second kappa shape index (κ2) is 5.88. The topological polar surface area (TPSA) is 60.7 Å². The third kappa shape index (κ3) is 5.88. The van der Waals surface area contributed by atoms with Crippen molar-refractivity contribution in [2.24, 2.45) is 0 Å². The van der Waals surface area contributed by atoms with E-state index in [0.717, 1.165) is 0 Å². The summed E-state index contributed by atoms with van der Waals surface area (Å²) in [4.78, 5) is 0. The van der Waals surface area contributed by atoms with Crippen molar-refractivity contribution in [2.75, 3.05) is 13.2 Å². The maximum Gasteiger partial charge on any atom is 0.100 e. The van der Waals surface area contributed by atoms with Crippen LogP contribution in [-0.4, -0.2) is 34.6 Å². The van der Waals surface area contributed by atoms with Crippen LogP contribution in [-0.2, 0) is 0 Å². The van der Waals surface area contributed by atoms with Gasteiger partial charge in [0.1, 0.15) is 6.10 Å². The van der Waals surface area contributed by atoms with Crippen LogP contribution in [0.25, 0.3) is 0 Å². The molecule has 0 aromatic heterocycles. The molecular formula is C4H9O3. The highest BCUT2D eigenvalue weighted by molar-refractivity contribution is 4.43. The Morgan fingerprint density at radius 2 is 1.43 bits per heavy atom. The summed E-state index contributed by atoms with van der Waals surface area (Å²) in [5.41, 5.74) is 0. The molecule has 0 bridgehead atoms. The fraction of sp³-hybridized carbons (Fsp3) is 0.750. The van der Waals surface area contributed by atoms with Gasteiger partial charge in [0.15, 0.2) is 0 Å². The second-order valence-electron chi connectivity index (χ2n) is 1.02. The van der Waals surface area contributed by atoms with Crippen molar-refractivity contribution in [2.45, 2.75) is 6.10 Å². The van der Waals surface area contributed by atoms with Crippen LogP contribution in [0.1, 0.15) is 0 Å². The van der Waals surface area contributed by atoms with Gasteiger partial charge in [-0.2, -0.15) is 0 Å². The quantitative estimate of drug-likeness (QED) is 0.402. The van der Waals surface area contributed by atoms with Gasteiger partial charge in [0.2, 0.25) is 0 Å². The molecule has 3 N–H and O–H groups in total.